The number of carbonyl (C=O) groups is 3. The van der Waals surface area contributed by atoms with Crippen molar-refractivity contribution < 1.29 is 28.6 Å². The lowest BCUT2D eigenvalue weighted by molar-refractivity contribution is -0.119. The number of nitrogens with zero attached hydrogens (tertiary/aromatic N) is 1. The number of hydrogen-bond donors (Lipinski definition) is 2. The highest BCUT2D eigenvalue weighted by atomic mass is 16.5. The molecule has 0 aliphatic carbocycles. The first-order valence-corrected chi connectivity index (χ1v) is 8.42. The van der Waals surface area contributed by atoms with Gasteiger partial charge in [-0.1, -0.05) is 0 Å². The predicted molar refractivity (Wildman–Crippen MR) is 104 cm³/mol. The van der Waals surface area contributed by atoms with Crippen LogP contribution in [0.5, 0.6) is 11.5 Å². The number of anilines is 2. The molecule has 0 heterocycles. The van der Waals surface area contributed by atoms with E-state index < -0.39 is 24.4 Å². The second kappa shape index (κ2) is 10.3. The van der Waals surface area contributed by atoms with E-state index in [0.717, 1.165) is 0 Å². The summed E-state index contributed by atoms with van der Waals surface area (Å²) in [5.74, 6) is -0.682. The highest BCUT2D eigenvalue weighted by Gasteiger charge is 2.12. The molecule has 9 nitrogen and oxygen atoms in total. The molecule has 0 aromatic heterocycles. The van der Waals surface area contributed by atoms with Crippen LogP contribution in [-0.4, -0.2) is 38.6 Å². The van der Waals surface area contributed by atoms with Gasteiger partial charge in [0.25, 0.3) is 5.91 Å². The van der Waals surface area contributed by atoms with E-state index in [2.05, 4.69) is 10.6 Å². The summed E-state index contributed by atoms with van der Waals surface area (Å²) in [7, 11) is 2.98. The fourth-order valence-electron chi connectivity index (χ4n) is 2.26. The first-order chi connectivity index (χ1) is 13.9. The van der Waals surface area contributed by atoms with Gasteiger partial charge < -0.3 is 24.8 Å². The Morgan fingerprint density at radius 1 is 0.897 bits per heavy atom. The van der Waals surface area contributed by atoms with E-state index in [1.165, 1.54) is 38.5 Å². The lowest BCUT2D eigenvalue weighted by atomic mass is 10.2. The van der Waals surface area contributed by atoms with E-state index in [9.17, 15) is 14.4 Å². The average Bonchev–Trinajstić information content (AvgIpc) is 2.72. The zero-order valence-corrected chi connectivity index (χ0v) is 15.9. The summed E-state index contributed by atoms with van der Waals surface area (Å²) in [6, 6.07) is 12.5. The van der Waals surface area contributed by atoms with Gasteiger partial charge in [0.15, 0.2) is 6.61 Å². The van der Waals surface area contributed by atoms with Crippen LogP contribution in [0.4, 0.5) is 11.4 Å². The molecule has 9 heteroatoms. The number of nitriles is 1. The fraction of sp³-hybridized carbons (Fsp3) is 0.200. The molecule has 2 N–H and O–H groups in total. The Morgan fingerprint density at radius 3 is 2.03 bits per heavy atom. The Balaban J connectivity index is 1.89. The van der Waals surface area contributed by atoms with Gasteiger partial charge in [0.1, 0.15) is 17.9 Å². The lowest BCUT2D eigenvalue weighted by Gasteiger charge is -2.10. The third kappa shape index (κ3) is 6.55. The number of rotatable bonds is 8. The van der Waals surface area contributed by atoms with Crippen molar-refractivity contribution in [3.05, 3.63) is 48.0 Å². The molecule has 0 aliphatic rings. The summed E-state index contributed by atoms with van der Waals surface area (Å²) in [5.41, 5.74) is 1.07. The number of esters is 1. The van der Waals surface area contributed by atoms with Crippen LogP contribution in [0.25, 0.3) is 0 Å². The van der Waals surface area contributed by atoms with Gasteiger partial charge in [-0.2, -0.15) is 5.26 Å². The Labute approximate surface area is 167 Å². The van der Waals surface area contributed by atoms with Crippen LogP contribution < -0.4 is 20.1 Å². The molecule has 2 aromatic rings. The van der Waals surface area contributed by atoms with Crippen molar-refractivity contribution in [2.45, 2.75) is 6.42 Å². The van der Waals surface area contributed by atoms with Crippen molar-refractivity contribution in [1.82, 2.24) is 0 Å². The number of methoxy groups -OCH3 is 2. The van der Waals surface area contributed by atoms with Gasteiger partial charge >= 0.3 is 5.97 Å². The minimum atomic E-state index is -0.696. The average molecular weight is 397 g/mol. The molecule has 0 bridgehead atoms. The summed E-state index contributed by atoms with van der Waals surface area (Å²) in [6.07, 6.45) is -0.266. The van der Waals surface area contributed by atoms with Gasteiger partial charge in [-0.3, -0.25) is 9.59 Å². The molecule has 0 radical (unpaired) electrons. The molecule has 0 aliphatic heterocycles. The molecule has 0 fully saturated rings. The second-order valence-electron chi connectivity index (χ2n) is 5.69. The Hall–Kier alpha value is -4.06. The monoisotopic (exact) mass is 397 g/mol. The van der Waals surface area contributed by atoms with Crippen molar-refractivity contribution in [2.24, 2.45) is 0 Å². The summed E-state index contributed by atoms with van der Waals surface area (Å²) in [5, 5.41) is 13.6. The molecule has 0 spiro atoms. The smallest absolute Gasteiger partial charge is 0.338 e. The maximum Gasteiger partial charge on any atom is 0.338 e. The first kappa shape index (κ1) is 21.2. The van der Waals surface area contributed by atoms with Crippen LogP contribution in [0, 0.1) is 11.3 Å². The van der Waals surface area contributed by atoms with E-state index in [1.807, 2.05) is 0 Å². The van der Waals surface area contributed by atoms with Crippen molar-refractivity contribution in [1.29, 1.82) is 5.26 Å². The van der Waals surface area contributed by atoms with Crippen molar-refractivity contribution >= 4 is 29.2 Å². The molecule has 0 atom stereocenters. The topological polar surface area (TPSA) is 127 Å². The standard InChI is InChI=1S/C20H19N3O6/c1-27-16-9-15(10-17(11-16)28-2)23-19(25)12-29-20(26)13-3-5-14(6-4-13)22-18(24)7-8-21/h3-6,9-11H,7,12H2,1-2H3,(H,22,24)(H,23,25). The number of ether oxygens (including phenoxy) is 3. The van der Waals surface area contributed by atoms with Crippen LogP contribution >= 0.6 is 0 Å². The summed E-state index contributed by atoms with van der Waals surface area (Å²) >= 11 is 0. The maximum atomic E-state index is 12.1. The van der Waals surface area contributed by atoms with Crippen molar-refractivity contribution in [3.63, 3.8) is 0 Å². The fourth-order valence-corrected chi connectivity index (χ4v) is 2.26. The summed E-state index contributed by atoms with van der Waals surface area (Å²) in [4.78, 5) is 35.5. The Bertz CT molecular complexity index is 912. The van der Waals surface area contributed by atoms with Crippen LogP contribution in [0.2, 0.25) is 0 Å². The van der Waals surface area contributed by atoms with Gasteiger partial charge in [0.05, 0.1) is 25.9 Å². The molecule has 0 saturated carbocycles. The first-order valence-electron chi connectivity index (χ1n) is 8.42. The lowest BCUT2D eigenvalue weighted by Crippen LogP contribution is -2.21. The van der Waals surface area contributed by atoms with Crippen molar-refractivity contribution in [2.75, 3.05) is 31.5 Å². The van der Waals surface area contributed by atoms with Gasteiger partial charge in [0, 0.05) is 29.6 Å². The summed E-state index contributed by atoms with van der Waals surface area (Å²) in [6.45, 7) is -0.487. The van der Waals surface area contributed by atoms with E-state index in [0.29, 0.717) is 22.9 Å². The maximum absolute atomic E-state index is 12.1. The number of benzene rings is 2. The van der Waals surface area contributed by atoms with E-state index in [-0.39, 0.29) is 12.0 Å². The molecule has 0 saturated heterocycles. The van der Waals surface area contributed by atoms with Gasteiger partial charge in [0.2, 0.25) is 5.91 Å². The van der Waals surface area contributed by atoms with Crippen LogP contribution in [0.15, 0.2) is 42.5 Å². The number of amides is 2. The predicted octanol–water partition coefficient (Wildman–Crippen LogP) is 2.35. The Morgan fingerprint density at radius 2 is 1.48 bits per heavy atom. The normalized spacial score (nSPS) is 9.69. The van der Waals surface area contributed by atoms with E-state index >= 15 is 0 Å². The molecule has 0 unspecified atom stereocenters. The molecule has 150 valence electrons. The molecular weight excluding hydrogens is 378 g/mol. The van der Waals surface area contributed by atoms with Gasteiger partial charge in [-0.15, -0.1) is 0 Å². The van der Waals surface area contributed by atoms with Crippen LogP contribution in [-0.2, 0) is 14.3 Å². The summed E-state index contributed by atoms with van der Waals surface area (Å²) < 4.78 is 15.2. The zero-order valence-electron chi connectivity index (χ0n) is 15.9. The minimum absolute atomic E-state index is 0.208. The number of nitrogens with one attached hydrogen (secondary N) is 2. The quantitative estimate of drug-likeness (QED) is 0.655. The van der Waals surface area contributed by atoms with Crippen molar-refractivity contribution in [3.8, 4) is 17.6 Å². The number of hydrogen-bond acceptors (Lipinski definition) is 7. The van der Waals surface area contributed by atoms with Crippen LogP contribution in [0.3, 0.4) is 0 Å². The van der Waals surface area contributed by atoms with Crippen LogP contribution in [0.1, 0.15) is 16.8 Å². The second-order valence-corrected chi connectivity index (χ2v) is 5.69. The molecule has 2 rings (SSSR count). The minimum Gasteiger partial charge on any atom is -0.497 e. The van der Waals surface area contributed by atoms with E-state index in [1.54, 1.807) is 24.3 Å². The third-order valence-electron chi connectivity index (χ3n) is 3.61. The molecule has 2 amide bonds. The molecular formula is C20H19N3O6. The van der Waals surface area contributed by atoms with Gasteiger partial charge in [-0.05, 0) is 24.3 Å². The highest BCUT2D eigenvalue weighted by Crippen LogP contribution is 2.25. The third-order valence-corrected chi connectivity index (χ3v) is 3.61. The molecule has 2 aromatic carbocycles. The SMILES string of the molecule is COc1cc(NC(=O)COC(=O)c2ccc(NC(=O)CC#N)cc2)cc(OC)c1. The number of carbonyl (C=O) groups excluding carboxylic acids is 3. The molecule has 29 heavy (non-hydrogen) atoms. The largest absolute Gasteiger partial charge is 0.497 e. The van der Waals surface area contributed by atoms with E-state index in [4.69, 9.17) is 19.5 Å². The Kier molecular flexibility index (Phi) is 7.56. The van der Waals surface area contributed by atoms with Gasteiger partial charge in [-0.25, -0.2) is 4.79 Å². The highest BCUT2D eigenvalue weighted by molar-refractivity contribution is 5.96. The zero-order chi connectivity index (χ0) is 21.2.